The summed E-state index contributed by atoms with van der Waals surface area (Å²) >= 11 is 0. The number of benzene rings is 2. The maximum Gasteiger partial charge on any atom is 0.261 e. The maximum absolute atomic E-state index is 12.2. The SMILES string of the molecule is COc1ccc(S(=O)(=O)Nc2ccc(C(=N)[O-])cc2)cc1. The zero-order valence-electron chi connectivity index (χ0n) is 11.2. The molecule has 0 aliphatic rings. The van der Waals surface area contributed by atoms with Crippen molar-refractivity contribution in [3.63, 3.8) is 0 Å². The van der Waals surface area contributed by atoms with Crippen molar-refractivity contribution in [2.75, 3.05) is 11.8 Å². The van der Waals surface area contributed by atoms with Crippen LogP contribution in [0, 0.1) is 5.41 Å². The van der Waals surface area contributed by atoms with Crippen molar-refractivity contribution in [2.45, 2.75) is 4.90 Å². The predicted molar refractivity (Wildman–Crippen MR) is 77.1 cm³/mol. The van der Waals surface area contributed by atoms with E-state index in [9.17, 15) is 13.5 Å². The quantitative estimate of drug-likeness (QED) is 0.639. The summed E-state index contributed by atoms with van der Waals surface area (Å²) in [6, 6.07) is 11.6. The number of hydrogen-bond acceptors (Lipinski definition) is 5. The number of rotatable bonds is 5. The third kappa shape index (κ3) is 3.51. The summed E-state index contributed by atoms with van der Waals surface area (Å²) in [7, 11) is -2.21. The standard InChI is InChI=1S/C14H14N2O4S/c1-20-12-6-8-13(9-7-12)21(18,19)16-11-4-2-10(3-5-11)14(15)17/h2-9,16H,1H3,(H2,15,17)/p-1. The minimum atomic E-state index is -3.71. The Kier molecular flexibility index (Phi) is 4.13. The van der Waals surface area contributed by atoms with E-state index in [1.807, 2.05) is 0 Å². The minimum absolute atomic E-state index is 0.101. The molecule has 110 valence electrons. The zero-order chi connectivity index (χ0) is 15.5. The Bertz CT molecular complexity index is 738. The lowest BCUT2D eigenvalue weighted by molar-refractivity contribution is -0.214. The van der Waals surface area contributed by atoms with Gasteiger partial charge in [-0.05, 0) is 47.9 Å². The largest absolute Gasteiger partial charge is 0.859 e. The fourth-order valence-corrected chi connectivity index (χ4v) is 2.72. The molecule has 2 rings (SSSR count). The summed E-state index contributed by atoms with van der Waals surface area (Å²) in [5.74, 6) is -0.258. The Morgan fingerprint density at radius 1 is 1.10 bits per heavy atom. The number of anilines is 1. The Morgan fingerprint density at radius 2 is 1.67 bits per heavy atom. The lowest BCUT2D eigenvalue weighted by Crippen LogP contribution is -2.17. The topological polar surface area (TPSA) is 102 Å². The van der Waals surface area contributed by atoms with Gasteiger partial charge >= 0.3 is 0 Å². The fraction of sp³-hybridized carbons (Fsp3) is 0.0714. The van der Waals surface area contributed by atoms with Gasteiger partial charge in [-0.25, -0.2) is 8.42 Å². The highest BCUT2D eigenvalue weighted by atomic mass is 32.2. The van der Waals surface area contributed by atoms with E-state index in [-0.39, 0.29) is 10.5 Å². The van der Waals surface area contributed by atoms with Crippen molar-refractivity contribution in [3.8, 4) is 5.75 Å². The van der Waals surface area contributed by atoms with Crippen LogP contribution < -0.4 is 14.6 Å². The second-order valence-corrected chi connectivity index (χ2v) is 5.87. The van der Waals surface area contributed by atoms with Gasteiger partial charge in [-0.15, -0.1) is 0 Å². The molecule has 6 nitrogen and oxygen atoms in total. The molecule has 0 saturated heterocycles. The molecule has 0 fully saturated rings. The molecule has 0 radical (unpaired) electrons. The van der Waals surface area contributed by atoms with Crippen LogP contribution in [0.1, 0.15) is 5.56 Å². The predicted octanol–water partition coefficient (Wildman–Crippen LogP) is 1.18. The highest BCUT2D eigenvalue weighted by molar-refractivity contribution is 7.92. The van der Waals surface area contributed by atoms with Crippen LogP contribution in [0.3, 0.4) is 0 Å². The van der Waals surface area contributed by atoms with Gasteiger partial charge in [-0.2, -0.15) is 0 Å². The summed E-state index contributed by atoms with van der Waals surface area (Å²) in [5.41, 5.74) is 0.512. The van der Waals surface area contributed by atoms with Crippen LogP contribution in [0.4, 0.5) is 5.69 Å². The Hall–Kier alpha value is -2.54. The van der Waals surface area contributed by atoms with Gasteiger partial charge in [0.25, 0.3) is 10.0 Å². The van der Waals surface area contributed by atoms with Crippen molar-refractivity contribution in [2.24, 2.45) is 0 Å². The molecule has 2 N–H and O–H groups in total. The van der Waals surface area contributed by atoms with Crippen LogP contribution in [0.15, 0.2) is 53.4 Å². The monoisotopic (exact) mass is 305 g/mol. The summed E-state index contributed by atoms with van der Waals surface area (Å²) in [4.78, 5) is 0.101. The summed E-state index contributed by atoms with van der Waals surface area (Å²) in [5, 5.41) is 17.8. The highest BCUT2D eigenvalue weighted by Crippen LogP contribution is 2.19. The number of methoxy groups -OCH3 is 1. The van der Waals surface area contributed by atoms with E-state index in [0.29, 0.717) is 11.4 Å². The van der Waals surface area contributed by atoms with E-state index >= 15 is 0 Å². The van der Waals surface area contributed by atoms with Crippen LogP contribution in [-0.4, -0.2) is 21.4 Å². The lowest BCUT2D eigenvalue weighted by atomic mass is 10.2. The third-order valence-corrected chi connectivity index (χ3v) is 4.17. The molecule has 0 aromatic heterocycles. The zero-order valence-corrected chi connectivity index (χ0v) is 12.0. The van der Waals surface area contributed by atoms with Gasteiger partial charge in [-0.3, -0.25) is 4.72 Å². The average molecular weight is 305 g/mol. The van der Waals surface area contributed by atoms with Gasteiger partial charge in [0, 0.05) is 5.69 Å². The first-order valence-electron chi connectivity index (χ1n) is 5.95. The molecule has 0 saturated carbocycles. The van der Waals surface area contributed by atoms with Crippen molar-refractivity contribution < 1.29 is 18.3 Å². The second kappa shape index (κ2) is 5.84. The van der Waals surface area contributed by atoms with E-state index in [1.165, 1.54) is 43.5 Å². The number of sulfonamides is 1. The molecule has 0 aliphatic heterocycles. The summed E-state index contributed by atoms with van der Waals surface area (Å²) in [6.45, 7) is 0. The molecule has 2 aromatic carbocycles. The van der Waals surface area contributed by atoms with Crippen molar-refractivity contribution in [3.05, 3.63) is 54.1 Å². The molecule has 2 aromatic rings. The second-order valence-electron chi connectivity index (χ2n) is 4.19. The first-order chi connectivity index (χ1) is 9.92. The van der Waals surface area contributed by atoms with E-state index in [0.717, 1.165) is 0 Å². The summed E-state index contributed by atoms with van der Waals surface area (Å²) in [6.07, 6.45) is 0. The first kappa shape index (κ1) is 14.9. The van der Waals surface area contributed by atoms with E-state index in [4.69, 9.17) is 10.1 Å². The first-order valence-corrected chi connectivity index (χ1v) is 7.43. The van der Waals surface area contributed by atoms with Crippen molar-refractivity contribution >= 4 is 21.6 Å². The Balaban J connectivity index is 2.21. The van der Waals surface area contributed by atoms with E-state index in [2.05, 4.69) is 4.72 Å². The highest BCUT2D eigenvalue weighted by Gasteiger charge is 2.14. The number of nitrogens with one attached hydrogen (secondary N) is 2. The molecule has 0 amide bonds. The van der Waals surface area contributed by atoms with Crippen LogP contribution >= 0.6 is 0 Å². The molecule has 0 unspecified atom stereocenters. The molecular formula is C14H13N2O4S-. The maximum atomic E-state index is 12.2. The average Bonchev–Trinajstić information content (AvgIpc) is 2.47. The van der Waals surface area contributed by atoms with Crippen LogP contribution in [0.5, 0.6) is 5.75 Å². The molecule has 0 aliphatic carbocycles. The molecule has 0 atom stereocenters. The van der Waals surface area contributed by atoms with Gasteiger partial charge in [0.2, 0.25) is 0 Å². The van der Waals surface area contributed by atoms with Gasteiger partial charge in [0.1, 0.15) is 5.75 Å². The van der Waals surface area contributed by atoms with Gasteiger partial charge in [-0.1, -0.05) is 12.1 Å². The molecule has 0 bridgehead atoms. The van der Waals surface area contributed by atoms with Crippen molar-refractivity contribution in [1.29, 1.82) is 5.41 Å². The Labute approximate surface area is 122 Å². The van der Waals surface area contributed by atoms with Crippen LogP contribution in [0.25, 0.3) is 0 Å². The van der Waals surface area contributed by atoms with Gasteiger partial charge in [0.05, 0.1) is 12.0 Å². The molecule has 0 heterocycles. The molecule has 7 heteroatoms. The minimum Gasteiger partial charge on any atom is -0.859 e. The number of hydrogen-bond donors (Lipinski definition) is 2. The fourth-order valence-electron chi connectivity index (χ4n) is 1.66. The molecule has 21 heavy (non-hydrogen) atoms. The van der Waals surface area contributed by atoms with Gasteiger partial charge < -0.3 is 15.3 Å². The Morgan fingerprint density at radius 3 is 2.14 bits per heavy atom. The van der Waals surface area contributed by atoms with Crippen molar-refractivity contribution in [1.82, 2.24) is 0 Å². The van der Waals surface area contributed by atoms with Gasteiger partial charge in [0.15, 0.2) is 0 Å². The molecule has 0 spiro atoms. The van der Waals surface area contributed by atoms with Crippen LogP contribution in [0.2, 0.25) is 0 Å². The van der Waals surface area contributed by atoms with E-state index in [1.54, 1.807) is 12.1 Å². The molecular weight excluding hydrogens is 292 g/mol. The summed E-state index contributed by atoms with van der Waals surface area (Å²) < 4.78 is 31.7. The van der Waals surface area contributed by atoms with Crippen LogP contribution in [-0.2, 0) is 10.0 Å². The normalized spacial score (nSPS) is 10.9. The third-order valence-electron chi connectivity index (χ3n) is 2.77. The lowest BCUT2D eigenvalue weighted by Gasteiger charge is -2.11. The number of ether oxygens (including phenoxy) is 1. The van der Waals surface area contributed by atoms with E-state index < -0.39 is 15.9 Å². The smallest absolute Gasteiger partial charge is 0.261 e.